The van der Waals surface area contributed by atoms with Crippen LogP contribution in [-0.2, 0) is 16.0 Å². The molecule has 1 saturated heterocycles. The Balaban J connectivity index is 1.53. The number of carbonyl (C=O) groups is 3. The van der Waals surface area contributed by atoms with E-state index >= 15 is 0 Å². The monoisotopic (exact) mass is 385 g/mol. The standard InChI is InChI=1S/C22H31N3O3/c1-15(26)19-9-4-3-6-16(19)10-12-25-13-11-17(14-20(25)27)21(23)22(28)24(2)18-7-5-8-18/h3-4,6,9,17-18,21H,5,7-8,10-14,23H2,1-2H3/t17?,21-/m0/s1. The normalized spacial score (nSPS) is 21.2. The fraction of sp³-hybridized carbons (Fsp3) is 0.591. The summed E-state index contributed by atoms with van der Waals surface area (Å²) in [4.78, 5) is 40.6. The molecule has 0 aromatic heterocycles. The van der Waals surface area contributed by atoms with Gasteiger partial charge in [-0.2, -0.15) is 0 Å². The van der Waals surface area contributed by atoms with Crippen LogP contribution in [0.4, 0.5) is 0 Å². The average Bonchev–Trinajstić information content (AvgIpc) is 2.64. The maximum atomic E-state index is 12.6. The lowest BCUT2D eigenvalue weighted by molar-refractivity contribution is -0.140. The number of likely N-dealkylation sites (N-methyl/N-ethyl adjacent to an activating group) is 1. The molecule has 1 aliphatic carbocycles. The Hall–Kier alpha value is -2.21. The number of ketones is 1. The summed E-state index contributed by atoms with van der Waals surface area (Å²) >= 11 is 0. The molecule has 2 N–H and O–H groups in total. The van der Waals surface area contributed by atoms with Crippen molar-refractivity contribution in [1.29, 1.82) is 0 Å². The Labute approximate surface area is 167 Å². The maximum Gasteiger partial charge on any atom is 0.239 e. The van der Waals surface area contributed by atoms with Crippen LogP contribution in [0.1, 0.15) is 54.9 Å². The number of nitrogens with zero attached hydrogens (tertiary/aromatic N) is 2. The smallest absolute Gasteiger partial charge is 0.239 e. The number of piperidine rings is 1. The molecule has 1 unspecified atom stereocenters. The van der Waals surface area contributed by atoms with Crippen molar-refractivity contribution in [2.24, 2.45) is 11.7 Å². The molecule has 152 valence electrons. The number of hydrogen-bond acceptors (Lipinski definition) is 4. The highest BCUT2D eigenvalue weighted by Gasteiger charge is 2.36. The van der Waals surface area contributed by atoms with Gasteiger partial charge in [-0.1, -0.05) is 24.3 Å². The summed E-state index contributed by atoms with van der Waals surface area (Å²) in [5, 5.41) is 0. The lowest BCUT2D eigenvalue weighted by atomic mass is 9.86. The maximum absolute atomic E-state index is 12.6. The highest BCUT2D eigenvalue weighted by Crippen LogP contribution is 2.27. The van der Waals surface area contributed by atoms with Crippen molar-refractivity contribution < 1.29 is 14.4 Å². The lowest BCUT2D eigenvalue weighted by Gasteiger charge is -2.39. The van der Waals surface area contributed by atoms with Gasteiger partial charge >= 0.3 is 0 Å². The Morgan fingerprint density at radius 1 is 1.25 bits per heavy atom. The van der Waals surface area contributed by atoms with Gasteiger partial charge < -0.3 is 15.5 Å². The van der Waals surface area contributed by atoms with E-state index in [-0.39, 0.29) is 23.5 Å². The Kier molecular flexibility index (Phi) is 6.50. The molecule has 1 heterocycles. The SMILES string of the molecule is CC(=O)c1ccccc1CCN1CCC([C@H](N)C(=O)N(C)C2CCC2)CC1=O. The van der Waals surface area contributed by atoms with Crippen LogP contribution in [0.15, 0.2) is 24.3 Å². The van der Waals surface area contributed by atoms with Gasteiger partial charge in [-0.05, 0) is 50.5 Å². The van der Waals surface area contributed by atoms with Crippen LogP contribution in [0.25, 0.3) is 0 Å². The molecular formula is C22H31N3O3. The number of benzene rings is 1. The van der Waals surface area contributed by atoms with Crippen molar-refractivity contribution in [3.8, 4) is 0 Å². The van der Waals surface area contributed by atoms with Crippen LogP contribution < -0.4 is 5.73 Å². The molecule has 1 aromatic carbocycles. The molecule has 2 aliphatic rings. The van der Waals surface area contributed by atoms with Gasteiger partial charge in [-0.15, -0.1) is 0 Å². The molecule has 6 heteroatoms. The molecule has 28 heavy (non-hydrogen) atoms. The number of rotatable bonds is 7. The van der Waals surface area contributed by atoms with Gasteiger partial charge in [0.15, 0.2) is 5.78 Å². The van der Waals surface area contributed by atoms with E-state index in [9.17, 15) is 14.4 Å². The summed E-state index contributed by atoms with van der Waals surface area (Å²) in [5.41, 5.74) is 7.93. The third kappa shape index (κ3) is 4.43. The van der Waals surface area contributed by atoms with Crippen molar-refractivity contribution >= 4 is 17.6 Å². The van der Waals surface area contributed by atoms with Crippen molar-refractivity contribution in [3.63, 3.8) is 0 Å². The summed E-state index contributed by atoms with van der Waals surface area (Å²) in [6.07, 6.45) is 4.98. The zero-order chi connectivity index (χ0) is 20.3. The van der Waals surface area contributed by atoms with E-state index in [0.717, 1.165) is 30.4 Å². The van der Waals surface area contributed by atoms with Gasteiger partial charge in [0.25, 0.3) is 0 Å². The Morgan fingerprint density at radius 3 is 2.57 bits per heavy atom. The van der Waals surface area contributed by atoms with Gasteiger partial charge in [0.1, 0.15) is 0 Å². The number of nitrogens with two attached hydrogens (primary N) is 1. The molecule has 2 amide bonds. The van der Waals surface area contributed by atoms with E-state index in [4.69, 9.17) is 5.73 Å². The fourth-order valence-electron chi connectivity index (χ4n) is 4.17. The van der Waals surface area contributed by atoms with Crippen molar-refractivity contribution in [2.75, 3.05) is 20.1 Å². The first-order valence-corrected chi connectivity index (χ1v) is 10.3. The largest absolute Gasteiger partial charge is 0.342 e. The summed E-state index contributed by atoms with van der Waals surface area (Å²) in [7, 11) is 1.83. The Morgan fingerprint density at radius 2 is 1.96 bits per heavy atom. The topological polar surface area (TPSA) is 83.7 Å². The quantitative estimate of drug-likeness (QED) is 0.728. The zero-order valence-electron chi connectivity index (χ0n) is 16.9. The van der Waals surface area contributed by atoms with Crippen molar-refractivity contribution in [2.45, 2.75) is 57.5 Å². The molecule has 3 rings (SSSR count). The highest BCUT2D eigenvalue weighted by molar-refractivity contribution is 5.95. The summed E-state index contributed by atoms with van der Waals surface area (Å²) in [5.74, 6) is -0.0403. The van der Waals surface area contributed by atoms with E-state index in [1.54, 1.807) is 11.8 Å². The van der Waals surface area contributed by atoms with Crippen LogP contribution in [0.2, 0.25) is 0 Å². The lowest BCUT2D eigenvalue weighted by Crippen LogP contribution is -2.54. The molecule has 0 bridgehead atoms. The van der Waals surface area contributed by atoms with E-state index in [1.165, 1.54) is 6.42 Å². The van der Waals surface area contributed by atoms with Crippen LogP contribution in [0.3, 0.4) is 0 Å². The summed E-state index contributed by atoms with van der Waals surface area (Å²) in [6.45, 7) is 2.76. The molecule has 0 radical (unpaired) electrons. The second-order valence-corrected chi connectivity index (χ2v) is 8.16. The van der Waals surface area contributed by atoms with Gasteiger partial charge in [0, 0.05) is 38.2 Å². The van der Waals surface area contributed by atoms with Crippen LogP contribution in [-0.4, -0.2) is 59.6 Å². The van der Waals surface area contributed by atoms with Crippen molar-refractivity contribution in [3.05, 3.63) is 35.4 Å². The van der Waals surface area contributed by atoms with Gasteiger partial charge in [-0.25, -0.2) is 0 Å². The second-order valence-electron chi connectivity index (χ2n) is 8.16. The van der Waals surface area contributed by atoms with Gasteiger partial charge in [0.2, 0.25) is 11.8 Å². The van der Waals surface area contributed by atoms with Crippen molar-refractivity contribution in [1.82, 2.24) is 9.80 Å². The highest BCUT2D eigenvalue weighted by atomic mass is 16.2. The van der Waals surface area contributed by atoms with E-state index in [1.807, 2.05) is 36.2 Å². The van der Waals surface area contributed by atoms with Gasteiger partial charge in [0.05, 0.1) is 6.04 Å². The van der Waals surface area contributed by atoms with Gasteiger partial charge in [-0.3, -0.25) is 14.4 Å². The van der Waals surface area contributed by atoms with E-state index in [0.29, 0.717) is 32.0 Å². The summed E-state index contributed by atoms with van der Waals surface area (Å²) in [6, 6.07) is 7.26. The third-order valence-corrected chi connectivity index (χ3v) is 6.37. The number of amides is 2. The van der Waals surface area contributed by atoms with Crippen LogP contribution in [0.5, 0.6) is 0 Å². The fourth-order valence-corrected chi connectivity index (χ4v) is 4.17. The minimum Gasteiger partial charge on any atom is -0.342 e. The first kappa shape index (κ1) is 20.5. The molecule has 1 aliphatic heterocycles. The third-order valence-electron chi connectivity index (χ3n) is 6.37. The Bertz CT molecular complexity index is 744. The first-order chi connectivity index (χ1) is 13.4. The number of likely N-dealkylation sites (tertiary alicyclic amines) is 1. The minimum absolute atomic E-state index is 0.0358. The minimum atomic E-state index is -0.602. The second kappa shape index (κ2) is 8.86. The zero-order valence-corrected chi connectivity index (χ0v) is 16.9. The molecule has 1 aromatic rings. The number of carbonyl (C=O) groups excluding carboxylic acids is 3. The molecule has 0 spiro atoms. The number of Topliss-reactive ketones (excluding diaryl/α,β-unsaturated/α-hetero) is 1. The predicted molar refractivity (Wildman–Crippen MR) is 108 cm³/mol. The first-order valence-electron chi connectivity index (χ1n) is 10.3. The molecule has 2 atom stereocenters. The predicted octanol–water partition coefficient (Wildman–Crippen LogP) is 2.01. The average molecular weight is 386 g/mol. The molecule has 1 saturated carbocycles. The van der Waals surface area contributed by atoms with Crippen LogP contribution in [0, 0.1) is 5.92 Å². The molecule has 2 fully saturated rings. The van der Waals surface area contributed by atoms with Crippen LogP contribution >= 0.6 is 0 Å². The molecular weight excluding hydrogens is 354 g/mol. The van der Waals surface area contributed by atoms with E-state index < -0.39 is 6.04 Å². The summed E-state index contributed by atoms with van der Waals surface area (Å²) < 4.78 is 0. The van der Waals surface area contributed by atoms with E-state index in [2.05, 4.69) is 0 Å². The number of hydrogen-bond donors (Lipinski definition) is 1. The molecule has 6 nitrogen and oxygen atoms in total.